The minimum Gasteiger partial charge on any atom is -0.340 e. The lowest BCUT2D eigenvalue weighted by Gasteiger charge is -2.29. The lowest BCUT2D eigenvalue weighted by atomic mass is 10.2. The van der Waals surface area contributed by atoms with E-state index in [1.54, 1.807) is 12.1 Å². The number of rotatable bonds is 7. The molecular weight excluding hydrogens is 352 g/mol. The van der Waals surface area contributed by atoms with Crippen molar-refractivity contribution < 1.29 is 9.18 Å². The summed E-state index contributed by atoms with van der Waals surface area (Å²) in [5, 5.41) is 3.68. The number of amides is 1. The summed E-state index contributed by atoms with van der Waals surface area (Å²) in [6.07, 6.45) is 1.42. The van der Waals surface area contributed by atoms with Gasteiger partial charge < -0.3 is 10.2 Å². The molecule has 0 unspecified atom stereocenters. The van der Waals surface area contributed by atoms with Crippen LogP contribution in [0.15, 0.2) is 18.2 Å². The van der Waals surface area contributed by atoms with Gasteiger partial charge in [-0.15, -0.1) is 12.4 Å². The Bertz CT molecular complexity index is 504. The first kappa shape index (κ1) is 21.2. The van der Waals surface area contributed by atoms with Gasteiger partial charge in [-0.25, -0.2) is 4.39 Å². The van der Waals surface area contributed by atoms with Crippen LogP contribution < -0.4 is 5.32 Å². The van der Waals surface area contributed by atoms with Gasteiger partial charge in [-0.2, -0.15) is 0 Å². The van der Waals surface area contributed by atoms with Crippen molar-refractivity contribution in [1.29, 1.82) is 0 Å². The van der Waals surface area contributed by atoms with E-state index in [0.29, 0.717) is 30.1 Å². The van der Waals surface area contributed by atoms with Crippen molar-refractivity contribution in [3.63, 3.8) is 0 Å². The molecule has 1 aliphatic heterocycles. The van der Waals surface area contributed by atoms with Gasteiger partial charge in [-0.1, -0.05) is 24.6 Å². The Balaban J connectivity index is 0.00000288. The summed E-state index contributed by atoms with van der Waals surface area (Å²) < 4.78 is 13.9. The summed E-state index contributed by atoms with van der Waals surface area (Å²) >= 11 is 6.11. The summed E-state index contributed by atoms with van der Waals surface area (Å²) in [7, 11) is 0. The van der Waals surface area contributed by atoms with Crippen molar-refractivity contribution >= 4 is 29.9 Å². The predicted molar refractivity (Wildman–Crippen MR) is 98.3 cm³/mol. The molecule has 1 aromatic carbocycles. The molecule has 1 heterocycles. The van der Waals surface area contributed by atoms with Crippen LogP contribution in [0, 0.1) is 5.82 Å². The summed E-state index contributed by atoms with van der Waals surface area (Å²) in [5.41, 5.74) is 0.511. The molecular formula is C17H26Cl2FN3O. The highest BCUT2D eigenvalue weighted by atomic mass is 35.5. The van der Waals surface area contributed by atoms with E-state index in [1.165, 1.54) is 6.07 Å². The summed E-state index contributed by atoms with van der Waals surface area (Å²) in [6, 6.07) is 4.74. The van der Waals surface area contributed by atoms with E-state index in [9.17, 15) is 9.18 Å². The Labute approximate surface area is 154 Å². The molecule has 0 radical (unpaired) electrons. The maximum Gasteiger partial charge on any atom is 0.223 e. The van der Waals surface area contributed by atoms with Crippen LogP contribution in [0.1, 0.15) is 25.3 Å². The first-order valence-electron chi connectivity index (χ1n) is 8.25. The van der Waals surface area contributed by atoms with Gasteiger partial charge >= 0.3 is 0 Å². The average Bonchev–Trinajstić information content (AvgIpc) is 2.56. The van der Waals surface area contributed by atoms with Crippen molar-refractivity contribution in [3.05, 3.63) is 34.6 Å². The number of benzene rings is 1. The first-order chi connectivity index (χ1) is 11.1. The third kappa shape index (κ3) is 6.20. The molecule has 7 heteroatoms. The molecule has 1 aliphatic rings. The molecule has 1 fully saturated rings. The Morgan fingerprint density at radius 1 is 1.33 bits per heavy atom. The zero-order valence-electron chi connectivity index (χ0n) is 14.1. The molecule has 1 N–H and O–H groups in total. The molecule has 0 aromatic heterocycles. The van der Waals surface area contributed by atoms with E-state index < -0.39 is 0 Å². The third-order valence-electron chi connectivity index (χ3n) is 4.09. The zero-order valence-corrected chi connectivity index (χ0v) is 15.6. The normalized spacial score (nSPS) is 14.6. The lowest BCUT2D eigenvalue weighted by Crippen LogP contribution is -2.47. The van der Waals surface area contributed by atoms with E-state index >= 15 is 0 Å². The molecule has 0 aliphatic carbocycles. The molecule has 2 rings (SSSR count). The van der Waals surface area contributed by atoms with Crippen molar-refractivity contribution in [1.82, 2.24) is 15.1 Å². The fraction of sp³-hybridized carbons (Fsp3) is 0.588. The smallest absolute Gasteiger partial charge is 0.223 e. The third-order valence-corrected chi connectivity index (χ3v) is 4.45. The van der Waals surface area contributed by atoms with E-state index in [2.05, 4.69) is 17.1 Å². The number of hydrogen-bond acceptors (Lipinski definition) is 3. The standard InChI is InChI=1S/C17H25ClFN3O.ClH/c1-2-9-21(13-14-15(18)4-3-5-16(14)19)10-6-17(23)22-11-7-20-8-12-22;/h3-5,20H,2,6-13H2,1H3;1H. The number of piperazine rings is 1. The van der Waals surface area contributed by atoms with Crippen molar-refractivity contribution in [2.24, 2.45) is 0 Å². The Morgan fingerprint density at radius 2 is 2.04 bits per heavy atom. The van der Waals surface area contributed by atoms with Gasteiger partial charge in [-0.3, -0.25) is 9.69 Å². The Hall–Kier alpha value is -0.880. The monoisotopic (exact) mass is 377 g/mol. The Kier molecular flexibility index (Phi) is 9.59. The quantitative estimate of drug-likeness (QED) is 0.793. The second kappa shape index (κ2) is 10.9. The van der Waals surface area contributed by atoms with Gasteiger partial charge in [0.2, 0.25) is 5.91 Å². The van der Waals surface area contributed by atoms with Crippen LogP contribution in [-0.4, -0.2) is 55.0 Å². The maximum absolute atomic E-state index is 13.9. The van der Waals surface area contributed by atoms with Crippen LogP contribution in [0.4, 0.5) is 4.39 Å². The largest absolute Gasteiger partial charge is 0.340 e. The van der Waals surface area contributed by atoms with Crippen LogP contribution in [0.3, 0.4) is 0 Å². The number of nitrogens with zero attached hydrogens (tertiary/aromatic N) is 2. The van der Waals surface area contributed by atoms with E-state index in [-0.39, 0.29) is 24.1 Å². The van der Waals surface area contributed by atoms with Crippen molar-refractivity contribution in [2.45, 2.75) is 26.3 Å². The average molecular weight is 378 g/mol. The summed E-state index contributed by atoms with van der Waals surface area (Å²) in [4.78, 5) is 16.3. The van der Waals surface area contributed by atoms with Crippen molar-refractivity contribution in [2.75, 3.05) is 39.3 Å². The van der Waals surface area contributed by atoms with Crippen LogP contribution in [-0.2, 0) is 11.3 Å². The molecule has 0 atom stereocenters. The van der Waals surface area contributed by atoms with Crippen LogP contribution >= 0.6 is 24.0 Å². The molecule has 0 saturated carbocycles. The SMILES string of the molecule is CCCN(CCC(=O)N1CCNCC1)Cc1c(F)cccc1Cl.Cl. The molecule has 0 spiro atoms. The van der Waals surface area contributed by atoms with Crippen LogP contribution in [0.5, 0.6) is 0 Å². The predicted octanol–water partition coefficient (Wildman–Crippen LogP) is 2.93. The number of hydrogen-bond donors (Lipinski definition) is 1. The minimum absolute atomic E-state index is 0. The molecule has 0 bridgehead atoms. The number of halogens is 3. The first-order valence-corrected chi connectivity index (χ1v) is 8.63. The number of carbonyl (C=O) groups is 1. The molecule has 1 aromatic rings. The van der Waals surface area contributed by atoms with E-state index in [4.69, 9.17) is 11.6 Å². The van der Waals surface area contributed by atoms with Gasteiger partial charge in [0.25, 0.3) is 0 Å². The summed E-state index contributed by atoms with van der Waals surface area (Å²) in [6.45, 7) is 7.21. The fourth-order valence-corrected chi connectivity index (χ4v) is 3.04. The maximum atomic E-state index is 13.9. The zero-order chi connectivity index (χ0) is 16.7. The second-order valence-corrected chi connectivity index (χ2v) is 6.26. The number of carbonyl (C=O) groups excluding carboxylic acids is 1. The topological polar surface area (TPSA) is 35.6 Å². The van der Waals surface area contributed by atoms with Gasteiger partial charge in [0.05, 0.1) is 0 Å². The fourth-order valence-electron chi connectivity index (χ4n) is 2.82. The highest BCUT2D eigenvalue weighted by Crippen LogP contribution is 2.21. The molecule has 4 nitrogen and oxygen atoms in total. The minimum atomic E-state index is -0.285. The van der Waals surface area contributed by atoms with Crippen LogP contribution in [0.2, 0.25) is 5.02 Å². The highest BCUT2D eigenvalue weighted by molar-refractivity contribution is 6.31. The lowest BCUT2D eigenvalue weighted by molar-refractivity contribution is -0.132. The van der Waals surface area contributed by atoms with Gasteiger partial charge in [0.15, 0.2) is 0 Å². The molecule has 24 heavy (non-hydrogen) atoms. The van der Waals surface area contributed by atoms with Gasteiger partial charge in [0.1, 0.15) is 5.82 Å². The van der Waals surface area contributed by atoms with Crippen molar-refractivity contribution in [3.8, 4) is 0 Å². The highest BCUT2D eigenvalue weighted by Gasteiger charge is 2.18. The summed E-state index contributed by atoms with van der Waals surface area (Å²) in [5.74, 6) is -0.112. The van der Waals surface area contributed by atoms with Gasteiger partial charge in [-0.05, 0) is 25.1 Å². The van der Waals surface area contributed by atoms with Crippen LogP contribution in [0.25, 0.3) is 0 Å². The molecule has 1 amide bonds. The van der Waals surface area contributed by atoms with Gasteiger partial charge in [0, 0.05) is 56.3 Å². The molecule has 136 valence electrons. The van der Waals surface area contributed by atoms with E-state index in [0.717, 1.165) is 39.1 Å². The second-order valence-electron chi connectivity index (χ2n) is 5.86. The Morgan fingerprint density at radius 3 is 2.67 bits per heavy atom. The van der Waals surface area contributed by atoms with E-state index in [1.807, 2.05) is 4.90 Å². The molecule has 1 saturated heterocycles. The number of nitrogens with one attached hydrogen (secondary N) is 1.